The average Bonchev–Trinajstić information content (AvgIpc) is 3.05. The molecule has 112 valence electrons. The van der Waals surface area contributed by atoms with E-state index in [1.807, 2.05) is 0 Å². The first-order valence-electron chi connectivity index (χ1n) is 6.70. The van der Waals surface area contributed by atoms with E-state index in [4.69, 9.17) is 4.84 Å². The van der Waals surface area contributed by atoms with Crippen molar-refractivity contribution >= 4 is 28.8 Å². The molecule has 0 bridgehead atoms. The number of fused-ring (bicyclic) bond motifs is 1. The summed E-state index contributed by atoms with van der Waals surface area (Å²) in [5.74, 6) is -1.23. The number of amides is 2. The first-order valence-corrected chi connectivity index (χ1v) is 6.70. The van der Waals surface area contributed by atoms with Gasteiger partial charge in [0.15, 0.2) is 0 Å². The maximum absolute atomic E-state index is 11.8. The minimum Gasteiger partial charge on any atom is -0.317 e. The molecule has 0 N–H and O–H groups in total. The van der Waals surface area contributed by atoms with Crippen molar-refractivity contribution in [2.24, 2.45) is 0 Å². The molecule has 0 unspecified atom stereocenters. The quantitative estimate of drug-likeness (QED) is 0.574. The summed E-state index contributed by atoms with van der Waals surface area (Å²) in [6.07, 6.45) is 2.81. The summed E-state index contributed by atoms with van der Waals surface area (Å²) >= 11 is 0. The van der Waals surface area contributed by atoms with E-state index in [0.29, 0.717) is 17.5 Å². The second kappa shape index (κ2) is 5.76. The van der Waals surface area contributed by atoms with Crippen molar-refractivity contribution in [3.05, 3.63) is 36.4 Å². The number of benzene rings is 1. The average molecular weight is 300 g/mol. The van der Waals surface area contributed by atoms with Crippen LogP contribution in [0.25, 0.3) is 11.0 Å². The van der Waals surface area contributed by atoms with Crippen LogP contribution in [0.5, 0.6) is 0 Å². The van der Waals surface area contributed by atoms with E-state index in [9.17, 15) is 14.4 Å². The molecular formula is C14H12N4O4. The Labute approximate surface area is 124 Å². The summed E-state index contributed by atoms with van der Waals surface area (Å²) in [5, 5.41) is 7.60. The van der Waals surface area contributed by atoms with Gasteiger partial charge in [0.05, 0.1) is 0 Å². The molecule has 2 amide bonds. The Kier molecular flexibility index (Phi) is 3.65. The molecule has 0 fully saturated rings. The molecule has 3 rings (SSSR count). The van der Waals surface area contributed by atoms with Gasteiger partial charge in [0.2, 0.25) is 0 Å². The summed E-state index contributed by atoms with van der Waals surface area (Å²) in [4.78, 5) is 41.7. The van der Waals surface area contributed by atoms with Crippen LogP contribution in [-0.4, -0.2) is 44.4 Å². The second-order valence-electron chi connectivity index (χ2n) is 4.68. The number of imide groups is 1. The zero-order chi connectivity index (χ0) is 15.5. The van der Waals surface area contributed by atoms with Crippen LogP contribution in [0, 0.1) is 0 Å². The lowest BCUT2D eigenvalue weighted by Gasteiger charge is -2.12. The number of rotatable bonds is 5. The molecule has 1 aliphatic heterocycles. The first-order chi connectivity index (χ1) is 10.6. The Morgan fingerprint density at radius 2 is 1.86 bits per heavy atom. The Hall–Kier alpha value is -3.03. The molecular weight excluding hydrogens is 288 g/mol. The molecule has 8 nitrogen and oxygen atoms in total. The van der Waals surface area contributed by atoms with Crippen molar-refractivity contribution < 1.29 is 19.2 Å². The topological polar surface area (TPSA) is 94.4 Å². The number of nitrogens with zero attached hydrogens (tertiary/aromatic N) is 4. The number of carbonyl (C=O) groups excluding carboxylic acids is 3. The van der Waals surface area contributed by atoms with E-state index in [1.165, 1.54) is 12.2 Å². The van der Waals surface area contributed by atoms with Gasteiger partial charge in [-0.25, -0.2) is 4.79 Å². The van der Waals surface area contributed by atoms with Crippen LogP contribution in [0.3, 0.4) is 0 Å². The predicted octanol–water partition coefficient (Wildman–Crippen LogP) is 0.0917. The Morgan fingerprint density at radius 1 is 1.14 bits per heavy atom. The van der Waals surface area contributed by atoms with Crippen molar-refractivity contribution in [2.45, 2.75) is 12.8 Å². The van der Waals surface area contributed by atoms with Crippen LogP contribution >= 0.6 is 0 Å². The highest BCUT2D eigenvalue weighted by atomic mass is 16.7. The van der Waals surface area contributed by atoms with Crippen molar-refractivity contribution in [3.63, 3.8) is 0 Å². The fraction of sp³-hybridized carbons (Fsp3) is 0.214. The molecule has 0 atom stereocenters. The van der Waals surface area contributed by atoms with Gasteiger partial charge in [0.1, 0.15) is 11.0 Å². The Morgan fingerprint density at radius 3 is 2.64 bits per heavy atom. The second-order valence-corrected chi connectivity index (χ2v) is 4.68. The van der Waals surface area contributed by atoms with Gasteiger partial charge in [-0.15, -0.1) is 5.10 Å². The zero-order valence-corrected chi connectivity index (χ0v) is 11.5. The maximum atomic E-state index is 11.8. The van der Waals surface area contributed by atoms with Gasteiger partial charge >= 0.3 is 5.97 Å². The van der Waals surface area contributed by atoms with E-state index in [0.717, 1.165) is 9.75 Å². The van der Waals surface area contributed by atoms with Crippen molar-refractivity contribution in [1.29, 1.82) is 0 Å². The maximum Gasteiger partial charge on any atom is 0.335 e. The molecule has 1 aliphatic rings. The fourth-order valence-corrected chi connectivity index (χ4v) is 2.09. The molecule has 1 aromatic heterocycles. The van der Waals surface area contributed by atoms with Gasteiger partial charge in [-0.05, 0) is 23.8 Å². The molecule has 2 heterocycles. The number of hydrogen-bond acceptors (Lipinski definition) is 6. The van der Waals surface area contributed by atoms with Gasteiger partial charge in [0, 0.05) is 25.1 Å². The molecule has 8 heteroatoms. The molecule has 0 spiro atoms. The van der Waals surface area contributed by atoms with Gasteiger partial charge in [0.25, 0.3) is 11.8 Å². The van der Waals surface area contributed by atoms with Crippen LogP contribution in [0.1, 0.15) is 12.8 Å². The van der Waals surface area contributed by atoms with Crippen LogP contribution < -0.4 is 4.84 Å². The summed E-state index contributed by atoms with van der Waals surface area (Å²) in [6.45, 7) is 0.178. The van der Waals surface area contributed by atoms with Crippen molar-refractivity contribution in [3.8, 4) is 0 Å². The van der Waals surface area contributed by atoms with Crippen molar-refractivity contribution in [2.75, 3.05) is 6.54 Å². The summed E-state index contributed by atoms with van der Waals surface area (Å²) in [5.41, 5.74) is 1.21. The lowest BCUT2D eigenvalue weighted by atomic mass is 10.3. The van der Waals surface area contributed by atoms with Crippen LogP contribution in [0.15, 0.2) is 36.4 Å². The number of para-hydroxylation sites is 1. The molecule has 1 aromatic carbocycles. The van der Waals surface area contributed by atoms with Crippen LogP contribution in [-0.2, 0) is 14.4 Å². The lowest BCUT2D eigenvalue weighted by molar-refractivity contribution is -0.146. The normalized spacial score (nSPS) is 14.1. The smallest absolute Gasteiger partial charge is 0.317 e. The minimum atomic E-state index is -0.511. The fourth-order valence-electron chi connectivity index (χ4n) is 2.09. The van der Waals surface area contributed by atoms with Crippen LogP contribution in [0.4, 0.5) is 0 Å². The highest BCUT2D eigenvalue weighted by molar-refractivity contribution is 6.12. The molecule has 0 aliphatic carbocycles. The van der Waals surface area contributed by atoms with Crippen molar-refractivity contribution in [1.82, 2.24) is 20.1 Å². The number of aromatic nitrogens is 3. The monoisotopic (exact) mass is 300 g/mol. The zero-order valence-electron chi connectivity index (χ0n) is 11.5. The predicted molar refractivity (Wildman–Crippen MR) is 74.2 cm³/mol. The third kappa shape index (κ3) is 2.71. The van der Waals surface area contributed by atoms with E-state index >= 15 is 0 Å². The molecule has 2 aromatic rings. The van der Waals surface area contributed by atoms with E-state index < -0.39 is 5.97 Å². The molecule has 0 saturated heterocycles. The van der Waals surface area contributed by atoms with E-state index in [1.54, 1.807) is 24.3 Å². The van der Waals surface area contributed by atoms with E-state index in [2.05, 4.69) is 10.3 Å². The number of carbonyl (C=O) groups is 3. The minimum absolute atomic E-state index is 0.0608. The third-order valence-electron chi connectivity index (χ3n) is 3.17. The summed E-state index contributed by atoms with van der Waals surface area (Å²) in [7, 11) is 0. The standard InChI is InChI=1S/C14H12N4O4/c19-12-7-8-13(20)17(12)9-3-6-14(21)22-18-11-5-2-1-4-10(11)15-16-18/h1-2,4-5,7-8H,3,6,9H2. The largest absolute Gasteiger partial charge is 0.335 e. The summed E-state index contributed by atoms with van der Waals surface area (Å²) < 4.78 is 0. The number of hydrogen-bond donors (Lipinski definition) is 0. The van der Waals surface area contributed by atoms with E-state index in [-0.39, 0.29) is 24.8 Å². The highest BCUT2D eigenvalue weighted by Gasteiger charge is 2.23. The SMILES string of the molecule is O=C(CCCN1C(=O)C=CC1=O)On1nnc2ccccc21. The highest BCUT2D eigenvalue weighted by Crippen LogP contribution is 2.09. The van der Waals surface area contributed by atoms with Gasteiger partial charge < -0.3 is 4.84 Å². The van der Waals surface area contributed by atoms with Gasteiger partial charge in [-0.1, -0.05) is 17.0 Å². The molecule has 0 saturated carbocycles. The Bertz CT molecular complexity index is 762. The molecule has 0 radical (unpaired) electrons. The Balaban J connectivity index is 1.53. The van der Waals surface area contributed by atoms with Crippen LogP contribution in [0.2, 0.25) is 0 Å². The van der Waals surface area contributed by atoms with Gasteiger partial charge in [-0.3, -0.25) is 14.5 Å². The molecule has 22 heavy (non-hydrogen) atoms. The lowest BCUT2D eigenvalue weighted by Crippen LogP contribution is -2.31. The van der Waals surface area contributed by atoms with Gasteiger partial charge in [-0.2, -0.15) is 0 Å². The third-order valence-corrected chi connectivity index (χ3v) is 3.17. The summed E-state index contributed by atoms with van der Waals surface area (Å²) in [6, 6.07) is 7.08. The first kappa shape index (κ1) is 13.9.